The van der Waals surface area contributed by atoms with E-state index >= 15 is 0 Å². The molecule has 1 aliphatic rings. The number of amides is 2. The highest BCUT2D eigenvalue weighted by Gasteiger charge is 2.31. The zero-order chi connectivity index (χ0) is 12.6. The van der Waals surface area contributed by atoms with Crippen LogP contribution >= 0.6 is 0 Å². The van der Waals surface area contributed by atoms with Crippen molar-refractivity contribution < 1.29 is 14.5 Å². The zero-order valence-corrected chi connectivity index (χ0v) is 9.17. The summed E-state index contributed by atoms with van der Waals surface area (Å²) in [6, 6.07) is 4.34. The summed E-state index contributed by atoms with van der Waals surface area (Å²) in [5.74, 6) is -0.624. The Hall–Kier alpha value is -2.24. The van der Waals surface area contributed by atoms with Gasteiger partial charge in [0.2, 0.25) is 11.8 Å². The lowest BCUT2D eigenvalue weighted by Gasteiger charge is -2.13. The van der Waals surface area contributed by atoms with E-state index in [4.69, 9.17) is 0 Å². The van der Waals surface area contributed by atoms with Gasteiger partial charge in [-0.25, -0.2) is 0 Å². The largest absolute Gasteiger partial charge is 0.274 e. The number of nitro groups is 1. The van der Waals surface area contributed by atoms with Crippen LogP contribution in [0.2, 0.25) is 0 Å². The molecule has 0 bridgehead atoms. The smallest absolute Gasteiger partial charge is 0.274 e. The van der Waals surface area contributed by atoms with E-state index in [9.17, 15) is 19.7 Å². The lowest BCUT2D eigenvalue weighted by molar-refractivity contribution is -0.385. The molecular weight excluding hydrogens is 224 g/mol. The lowest BCUT2D eigenvalue weighted by atomic mass is 10.1. The topological polar surface area (TPSA) is 80.5 Å². The number of hydrogen-bond donors (Lipinski definition) is 0. The van der Waals surface area contributed by atoms with Crippen LogP contribution in [0.25, 0.3) is 0 Å². The Morgan fingerprint density at radius 3 is 2.35 bits per heavy atom. The van der Waals surface area contributed by atoms with Crippen molar-refractivity contribution in [3.63, 3.8) is 0 Å². The van der Waals surface area contributed by atoms with E-state index < -0.39 is 4.92 Å². The molecule has 1 heterocycles. The van der Waals surface area contributed by atoms with Gasteiger partial charge in [-0.2, -0.15) is 0 Å². The van der Waals surface area contributed by atoms with Gasteiger partial charge in [-0.15, -0.1) is 0 Å². The Bertz CT molecular complexity index is 508. The van der Waals surface area contributed by atoms with Crippen LogP contribution in [-0.2, 0) is 9.59 Å². The molecule has 1 saturated heterocycles. The average molecular weight is 234 g/mol. The van der Waals surface area contributed by atoms with Crippen molar-refractivity contribution in [1.29, 1.82) is 0 Å². The highest BCUT2D eigenvalue weighted by atomic mass is 16.6. The minimum Gasteiger partial charge on any atom is -0.274 e. The second kappa shape index (κ2) is 3.97. The second-order valence-electron chi connectivity index (χ2n) is 3.85. The maximum absolute atomic E-state index is 11.5. The number of aryl methyl sites for hydroxylation is 1. The van der Waals surface area contributed by atoms with Gasteiger partial charge in [0.25, 0.3) is 5.69 Å². The van der Waals surface area contributed by atoms with Gasteiger partial charge < -0.3 is 0 Å². The number of hydrogen-bond acceptors (Lipinski definition) is 4. The predicted molar refractivity (Wildman–Crippen MR) is 59.6 cm³/mol. The fourth-order valence-corrected chi connectivity index (χ4v) is 1.80. The van der Waals surface area contributed by atoms with Crippen LogP contribution in [0, 0.1) is 17.0 Å². The highest BCUT2D eigenvalue weighted by Crippen LogP contribution is 2.28. The van der Waals surface area contributed by atoms with Crippen molar-refractivity contribution in [2.75, 3.05) is 4.90 Å². The van der Waals surface area contributed by atoms with Gasteiger partial charge in [0, 0.05) is 24.5 Å². The van der Waals surface area contributed by atoms with Gasteiger partial charge in [0.15, 0.2) is 0 Å². The van der Waals surface area contributed by atoms with E-state index in [2.05, 4.69) is 0 Å². The van der Waals surface area contributed by atoms with Crippen molar-refractivity contribution in [3.05, 3.63) is 33.9 Å². The van der Waals surface area contributed by atoms with Crippen LogP contribution < -0.4 is 4.90 Å². The monoisotopic (exact) mass is 234 g/mol. The molecular formula is C11H10N2O4. The molecule has 0 saturated carbocycles. The number of anilines is 1. The molecule has 1 fully saturated rings. The van der Waals surface area contributed by atoms with Gasteiger partial charge in [0.05, 0.1) is 10.6 Å². The Labute approximate surface area is 97.0 Å². The van der Waals surface area contributed by atoms with Crippen molar-refractivity contribution in [1.82, 2.24) is 0 Å². The van der Waals surface area contributed by atoms with E-state index in [1.54, 1.807) is 13.0 Å². The first-order chi connectivity index (χ1) is 8.00. The van der Waals surface area contributed by atoms with E-state index in [0.29, 0.717) is 5.56 Å². The van der Waals surface area contributed by atoms with Gasteiger partial charge in [0.1, 0.15) is 0 Å². The Morgan fingerprint density at radius 1 is 1.24 bits per heavy atom. The van der Waals surface area contributed by atoms with Gasteiger partial charge in [-0.3, -0.25) is 24.6 Å². The molecule has 6 nitrogen and oxygen atoms in total. The summed E-state index contributed by atoms with van der Waals surface area (Å²) < 4.78 is 0. The number of imide groups is 1. The third-order valence-corrected chi connectivity index (χ3v) is 2.70. The lowest BCUT2D eigenvalue weighted by Crippen LogP contribution is -2.28. The van der Waals surface area contributed by atoms with Crippen LogP contribution in [0.5, 0.6) is 0 Å². The first-order valence-electron chi connectivity index (χ1n) is 5.11. The quantitative estimate of drug-likeness (QED) is 0.441. The molecule has 1 aromatic rings. The highest BCUT2D eigenvalue weighted by molar-refractivity contribution is 6.19. The summed E-state index contributed by atoms with van der Waals surface area (Å²) in [5.41, 5.74) is 0.683. The molecule has 0 aliphatic carbocycles. The Balaban J connectivity index is 2.46. The third kappa shape index (κ3) is 1.89. The molecule has 0 N–H and O–H groups in total. The van der Waals surface area contributed by atoms with Crippen LogP contribution in [0.4, 0.5) is 11.4 Å². The third-order valence-electron chi connectivity index (χ3n) is 2.70. The number of carbonyl (C=O) groups excluding carboxylic acids is 2. The maximum atomic E-state index is 11.5. The molecule has 17 heavy (non-hydrogen) atoms. The van der Waals surface area contributed by atoms with E-state index in [-0.39, 0.29) is 36.0 Å². The molecule has 0 spiro atoms. The number of rotatable bonds is 2. The SMILES string of the molecule is Cc1ccc(N2C(=O)CCC2=O)cc1[N+](=O)[O-]. The average Bonchev–Trinajstić information content (AvgIpc) is 2.59. The fraction of sp³-hybridized carbons (Fsp3) is 0.273. The normalized spacial score (nSPS) is 15.5. The van der Waals surface area contributed by atoms with Crippen LogP contribution in [0.1, 0.15) is 18.4 Å². The van der Waals surface area contributed by atoms with Gasteiger partial charge >= 0.3 is 0 Å². The predicted octanol–water partition coefficient (Wildman–Crippen LogP) is 1.56. The molecule has 0 aromatic heterocycles. The summed E-state index contributed by atoms with van der Waals surface area (Å²) in [5, 5.41) is 10.8. The van der Waals surface area contributed by atoms with E-state index in [1.165, 1.54) is 12.1 Å². The van der Waals surface area contributed by atoms with Crippen molar-refractivity contribution in [2.24, 2.45) is 0 Å². The standard InChI is InChI=1S/C11H10N2O4/c1-7-2-3-8(6-9(7)13(16)17)12-10(14)4-5-11(12)15/h2-3,6H,4-5H2,1H3. The fourth-order valence-electron chi connectivity index (χ4n) is 1.80. The van der Waals surface area contributed by atoms with Crippen molar-refractivity contribution in [2.45, 2.75) is 19.8 Å². The summed E-state index contributed by atoms with van der Waals surface area (Å²) >= 11 is 0. The van der Waals surface area contributed by atoms with E-state index in [0.717, 1.165) is 4.90 Å². The van der Waals surface area contributed by atoms with Crippen LogP contribution in [-0.4, -0.2) is 16.7 Å². The molecule has 1 aromatic carbocycles. The molecule has 0 radical (unpaired) electrons. The minimum absolute atomic E-state index is 0.0880. The van der Waals surface area contributed by atoms with Crippen molar-refractivity contribution >= 4 is 23.2 Å². The second-order valence-corrected chi connectivity index (χ2v) is 3.85. The number of nitro benzene ring substituents is 1. The van der Waals surface area contributed by atoms with Crippen molar-refractivity contribution in [3.8, 4) is 0 Å². The Morgan fingerprint density at radius 2 is 1.82 bits per heavy atom. The minimum atomic E-state index is -0.524. The first kappa shape index (κ1) is 11.3. The number of benzene rings is 1. The Kier molecular flexibility index (Phi) is 2.63. The summed E-state index contributed by atoms with van der Waals surface area (Å²) in [7, 11) is 0. The van der Waals surface area contributed by atoms with Crippen LogP contribution in [0.3, 0.4) is 0 Å². The van der Waals surface area contributed by atoms with Gasteiger partial charge in [-0.1, -0.05) is 6.07 Å². The molecule has 1 aliphatic heterocycles. The number of nitrogens with zero attached hydrogens (tertiary/aromatic N) is 2. The first-order valence-corrected chi connectivity index (χ1v) is 5.11. The summed E-state index contributed by atoms with van der Waals surface area (Å²) in [4.78, 5) is 34.2. The zero-order valence-electron chi connectivity index (χ0n) is 9.17. The van der Waals surface area contributed by atoms with Gasteiger partial charge in [-0.05, 0) is 13.0 Å². The molecule has 0 unspecified atom stereocenters. The van der Waals surface area contributed by atoms with E-state index in [1.807, 2.05) is 0 Å². The molecule has 88 valence electrons. The summed E-state index contributed by atoms with van der Waals surface area (Å²) in [6.45, 7) is 1.61. The molecule has 2 amide bonds. The maximum Gasteiger partial charge on any atom is 0.274 e. The molecule has 0 atom stereocenters. The number of carbonyl (C=O) groups is 2. The molecule has 6 heteroatoms. The van der Waals surface area contributed by atoms with Crippen LogP contribution in [0.15, 0.2) is 18.2 Å². The summed E-state index contributed by atoms with van der Waals surface area (Å²) in [6.07, 6.45) is 0.334. The molecule has 2 rings (SSSR count).